The van der Waals surface area contributed by atoms with Gasteiger partial charge in [0.15, 0.2) is 5.82 Å². The number of halogens is 2. The molecular formula is C35H40ClFN2O3. The van der Waals surface area contributed by atoms with Crippen LogP contribution < -0.4 is 10.1 Å². The Hall–Kier alpha value is -3.12. The number of benzene rings is 2. The molecule has 1 fully saturated rings. The predicted octanol–water partition coefficient (Wildman–Crippen LogP) is 8.34. The van der Waals surface area contributed by atoms with Gasteiger partial charge < -0.3 is 15.2 Å². The minimum absolute atomic E-state index is 0.0180. The third-order valence-electron chi connectivity index (χ3n) is 10.3. The topological polar surface area (TPSA) is 71.5 Å². The highest BCUT2D eigenvalue weighted by Crippen LogP contribution is 2.56. The molecule has 1 aromatic heterocycles. The van der Waals surface area contributed by atoms with Gasteiger partial charge in [-0.3, -0.25) is 4.98 Å². The van der Waals surface area contributed by atoms with E-state index in [4.69, 9.17) is 16.3 Å². The maximum Gasteiger partial charge on any atom is 0.329 e. The van der Waals surface area contributed by atoms with E-state index < -0.39 is 17.3 Å². The van der Waals surface area contributed by atoms with Crippen LogP contribution in [-0.4, -0.2) is 28.2 Å². The van der Waals surface area contributed by atoms with Gasteiger partial charge in [0.05, 0.1) is 17.3 Å². The summed E-state index contributed by atoms with van der Waals surface area (Å²) in [5.74, 6) is 0.596. The summed E-state index contributed by atoms with van der Waals surface area (Å²) < 4.78 is 21.3. The van der Waals surface area contributed by atoms with Gasteiger partial charge in [-0.2, -0.15) is 0 Å². The normalized spacial score (nSPS) is 27.2. The fraction of sp³-hybridized carbons (Fsp3) is 0.486. The second-order valence-electron chi connectivity index (χ2n) is 12.9. The van der Waals surface area contributed by atoms with Crippen molar-refractivity contribution in [3.05, 3.63) is 88.0 Å². The van der Waals surface area contributed by atoms with Gasteiger partial charge >= 0.3 is 5.97 Å². The quantitative estimate of drug-likeness (QED) is 0.276. The van der Waals surface area contributed by atoms with Crippen LogP contribution in [0, 0.1) is 17.7 Å². The van der Waals surface area contributed by atoms with Crippen molar-refractivity contribution in [3.8, 4) is 5.75 Å². The molecule has 0 bridgehead atoms. The van der Waals surface area contributed by atoms with Crippen molar-refractivity contribution < 1.29 is 19.0 Å². The summed E-state index contributed by atoms with van der Waals surface area (Å²) in [6, 6.07) is 15.4. The number of pyridine rings is 1. The number of nitrogens with zero attached hydrogens (tertiary/aromatic N) is 1. The van der Waals surface area contributed by atoms with Crippen molar-refractivity contribution in [2.24, 2.45) is 11.8 Å². The number of aromatic nitrogens is 1. The zero-order chi connectivity index (χ0) is 29.5. The Morgan fingerprint density at radius 3 is 2.74 bits per heavy atom. The Balaban J connectivity index is 1.20. The lowest BCUT2D eigenvalue weighted by atomic mass is 9.59. The molecule has 3 aliphatic carbocycles. The van der Waals surface area contributed by atoms with Crippen molar-refractivity contribution in [2.45, 2.75) is 88.5 Å². The number of carbonyl (C=O) groups is 1. The number of nitrogens with one attached hydrogen (secondary N) is 1. The third-order valence-corrected chi connectivity index (χ3v) is 10.6. The number of aryl methyl sites for hydroxylation is 1. The summed E-state index contributed by atoms with van der Waals surface area (Å²) in [7, 11) is 0. The van der Waals surface area contributed by atoms with E-state index in [1.54, 1.807) is 12.1 Å². The number of carboxylic acids is 1. The molecule has 0 aliphatic heterocycles. The molecule has 1 heterocycles. The Morgan fingerprint density at radius 2 is 1.95 bits per heavy atom. The van der Waals surface area contributed by atoms with E-state index in [0.717, 1.165) is 37.9 Å². The minimum atomic E-state index is -1.25. The fourth-order valence-corrected chi connectivity index (χ4v) is 8.25. The molecular weight excluding hydrogens is 551 g/mol. The fourth-order valence-electron chi connectivity index (χ4n) is 8.08. The molecule has 2 N–H and O–H groups in total. The number of hydrogen-bond acceptors (Lipinski definition) is 4. The highest BCUT2D eigenvalue weighted by molar-refractivity contribution is 6.31. The second kappa shape index (κ2) is 11.5. The zero-order valence-corrected chi connectivity index (χ0v) is 25.2. The van der Waals surface area contributed by atoms with E-state index >= 15 is 0 Å². The first-order valence-electron chi connectivity index (χ1n) is 15.4. The van der Waals surface area contributed by atoms with Crippen LogP contribution in [0.3, 0.4) is 0 Å². The summed E-state index contributed by atoms with van der Waals surface area (Å²) in [6.45, 7) is 5.17. The highest BCUT2D eigenvalue weighted by Gasteiger charge is 2.54. The van der Waals surface area contributed by atoms with E-state index in [-0.39, 0.29) is 16.1 Å². The van der Waals surface area contributed by atoms with Gasteiger partial charge in [-0.15, -0.1) is 0 Å². The number of rotatable bonds is 8. The summed E-state index contributed by atoms with van der Waals surface area (Å²) in [5, 5.41) is 13.4. The monoisotopic (exact) mass is 590 g/mol. The molecule has 1 unspecified atom stereocenters. The van der Waals surface area contributed by atoms with E-state index in [0.29, 0.717) is 37.2 Å². The van der Waals surface area contributed by atoms with Crippen LogP contribution in [-0.2, 0) is 23.1 Å². The smallest absolute Gasteiger partial charge is 0.329 e. The molecule has 42 heavy (non-hydrogen) atoms. The van der Waals surface area contributed by atoms with Gasteiger partial charge in [-0.05, 0) is 110 Å². The Bertz CT molecular complexity index is 1470. The third kappa shape index (κ3) is 5.16. The molecule has 2 aromatic carbocycles. The van der Waals surface area contributed by atoms with Crippen molar-refractivity contribution in [2.75, 3.05) is 11.9 Å². The molecule has 5 nitrogen and oxygen atoms in total. The number of ether oxygens (including phenoxy) is 1. The van der Waals surface area contributed by atoms with Gasteiger partial charge in [0.2, 0.25) is 0 Å². The number of hydrogen-bond donors (Lipinski definition) is 2. The number of anilines is 1. The summed E-state index contributed by atoms with van der Waals surface area (Å²) in [4.78, 5) is 17.3. The molecule has 6 rings (SSSR count). The van der Waals surface area contributed by atoms with Crippen molar-refractivity contribution in [3.63, 3.8) is 0 Å². The standard InChI is InChI=1S/C35H40ClFN2O3/c1-22(21-42-30-13-18-38-28-11-5-7-23(2)31(28)30)19-25-20-24-8-3-4-9-26(24)34(25)14-16-35(17-15-34,33(40)41)39-29-12-6-10-27(36)32(29)37/h3-4,6,8-10,12-13,18,22-23,25,39H,5,7,11,14-17,19-21H2,1-2H3,(H,40,41)/t22-,23-,25?,34?,35?/m1/s1. The second-order valence-corrected chi connectivity index (χ2v) is 13.3. The summed E-state index contributed by atoms with van der Waals surface area (Å²) in [5.41, 5.74) is 3.97. The molecule has 0 radical (unpaired) electrons. The van der Waals surface area contributed by atoms with Gasteiger partial charge in [0, 0.05) is 17.5 Å². The first kappa shape index (κ1) is 29.0. The van der Waals surface area contributed by atoms with Crippen LogP contribution in [0.1, 0.15) is 87.1 Å². The molecule has 3 aromatic rings. The minimum Gasteiger partial charge on any atom is -0.493 e. The highest BCUT2D eigenvalue weighted by atomic mass is 35.5. The molecule has 222 valence electrons. The molecule has 0 amide bonds. The summed E-state index contributed by atoms with van der Waals surface area (Å²) in [6.07, 6.45) is 9.48. The SMILES string of the molecule is C[C@@H](COc1ccnc2c1[C@H](C)CCC2)CC1Cc2ccccc2C12CCC(Nc1cccc(Cl)c1F)(C(=O)O)CC2. The van der Waals surface area contributed by atoms with Crippen LogP contribution in [0.5, 0.6) is 5.75 Å². The lowest BCUT2D eigenvalue weighted by molar-refractivity contribution is -0.144. The van der Waals surface area contributed by atoms with Crippen LogP contribution in [0.4, 0.5) is 10.1 Å². The summed E-state index contributed by atoms with van der Waals surface area (Å²) >= 11 is 6.01. The Labute approximate surface area is 252 Å². The maximum atomic E-state index is 14.8. The number of carboxylic acid groups (broad SMARTS) is 1. The molecule has 0 saturated heterocycles. The van der Waals surface area contributed by atoms with Gasteiger partial charge in [-0.1, -0.05) is 55.8 Å². The van der Waals surface area contributed by atoms with Gasteiger partial charge in [-0.25, -0.2) is 9.18 Å². The molecule has 7 heteroatoms. The zero-order valence-electron chi connectivity index (χ0n) is 24.5. The average Bonchev–Trinajstić information content (AvgIpc) is 3.27. The predicted molar refractivity (Wildman–Crippen MR) is 164 cm³/mol. The molecule has 3 atom stereocenters. The van der Waals surface area contributed by atoms with E-state index in [2.05, 4.69) is 48.4 Å². The van der Waals surface area contributed by atoms with E-state index in [1.807, 2.05) is 12.3 Å². The van der Waals surface area contributed by atoms with E-state index in [9.17, 15) is 14.3 Å². The largest absolute Gasteiger partial charge is 0.493 e. The average molecular weight is 591 g/mol. The molecule has 3 aliphatic rings. The lowest BCUT2D eigenvalue weighted by Crippen LogP contribution is -2.53. The Morgan fingerprint density at radius 1 is 1.17 bits per heavy atom. The van der Waals surface area contributed by atoms with Crippen LogP contribution in [0.15, 0.2) is 54.7 Å². The number of fused-ring (bicyclic) bond motifs is 3. The van der Waals surface area contributed by atoms with Crippen molar-refractivity contribution >= 4 is 23.3 Å². The maximum absolute atomic E-state index is 14.8. The van der Waals surface area contributed by atoms with Crippen molar-refractivity contribution in [1.82, 2.24) is 4.98 Å². The first-order chi connectivity index (χ1) is 20.2. The molecule has 1 saturated carbocycles. The van der Waals surface area contributed by atoms with Gasteiger partial charge in [0.25, 0.3) is 0 Å². The van der Waals surface area contributed by atoms with E-state index in [1.165, 1.54) is 41.3 Å². The van der Waals surface area contributed by atoms with Gasteiger partial charge in [0.1, 0.15) is 11.3 Å². The lowest BCUT2D eigenvalue weighted by Gasteiger charge is -2.47. The molecule has 1 spiro atoms. The Kier molecular flexibility index (Phi) is 7.95. The van der Waals surface area contributed by atoms with Crippen LogP contribution in [0.2, 0.25) is 5.02 Å². The van der Waals surface area contributed by atoms with Crippen LogP contribution in [0.25, 0.3) is 0 Å². The van der Waals surface area contributed by atoms with Crippen LogP contribution >= 0.6 is 11.6 Å². The number of aliphatic carboxylic acids is 1. The van der Waals surface area contributed by atoms with Crippen molar-refractivity contribution in [1.29, 1.82) is 0 Å². The first-order valence-corrected chi connectivity index (χ1v) is 15.7.